The van der Waals surface area contributed by atoms with Crippen molar-refractivity contribution < 1.29 is 23.5 Å². The Labute approximate surface area is 171 Å². The number of hydrogen-bond acceptors (Lipinski definition) is 6. The van der Waals surface area contributed by atoms with Gasteiger partial charge in [0.25, 0.3) is 5.91 Å². The topological polar surface area (TPSA) is 97.4 Å². The number of benzene rings is 1. The third-order valence-electron chi connectivity index (χ3n) is 4.57. The van der Waals surface area contributed by atoms with Gasteiger partial charge in [0.15, 0.2) is 6.10 Å². The van der Waals surface area contributed by atoms with Crippen LogP contribution in [0, 0.1) is 5.82 Å². The summed E-state index contributed by atoms with van der Waals surface area (Å²) in [4.78, 5) is 40.3. The number of carbonyl (C=O) groups excluding carboxylic acids is 3. The van der Waals surface area contributed by atoms with Crippen molar-refractivity contribution in [2.24, 2.45) is 0 Å². The lowest BCUT2D eigenvalue weighted by Gasteiger charge is -2.15. The summed E-state index contributed by atoms with van der Waals surface area (Å²) in [5.74, 6) is -1.64. The van der Waals surface area contributed by atoms with Crippen LogP contribution in [-0.4, -0.2) is 35.0 Å². The Kier molecular flexibility index (Phi) is 6.92. The SMILES string of the molecule is C[C@@H](OC(=O)Cc1csc(-c2ccc(F)cc2)n1)C(=O)NC(=O)NC1CCCC1. The lowest BCUT2D eigenvalue weighted by atomic mass is 10.2. The molecule has 29 heavy (non-hydrogen) atoms. The average molecular weight is 419 g/mol. The Hall–Kier alpha value is -2.81. The molecular formula is C20H22FN3O4S. The van der Waals surface area contributed by atoms with Gasteiger partial charge in [0.1, 0.15) is 10.8 Å². The highest BCUT2D eigenvalue weighted by Gasteiger charge is 2.23. The molecule has 1 atom stereocenters. The molecular weight excluding hydrogens is 397 g/mol. The Balaban J connectivity index is 1.46. The number of nitrogens with one attached hydrogen (secondary N) is 2. The summed E-state index contributed by atoms with van der Waals surface area (Å²) in [6, 6.07) is 5.41. The zero-order valence-corrected chi connectivity index (χ0v) is 16.8. The van der Waals surface area contributed by atoms with Crippen molar-refractivity contribution in [3.63, 3.8) is 0 Å². The lowest BCUT2D eigenvalue weighted by Crippen LogP contribution is -2.47. The van der Waals surface area contributed by atoms with Gasteiger partial charge in [0.05, 0.1) is 12.1 Å². The summed E-state index contributed by atoms with van der Waals surface area (Å²) in [6.45, 7) is 1.40. The van der Waals surface area contributed by atoms with Gasteiger partial charge in [-0.2, -0.15) is 0 Å². The van der Waals surface area contributed by atoms with E-state index in [4.69, 9.17) is 4.74 Å². The van der Waals surface area contributed by atoms with Gasteiger partial charge in [-0.25, -0.2) is 14.2 Å². The molecule has 3 amide bonds. The second-order valence-electron chi connectivity index (χ2n) is 6.90. The molecule has 1 aromatic carbocycles. The van der Waals surface area contributed by atoms with Crippen molar-refractivity contribution >= 4 is 29.2 Å². The number of rotatable bonds is 6. The molecule has 1 aromatic heterocycles. The Morgan fingerprint density at radius 1 is 1.24 bits per heavy atom. The number of halogens is 1. The molecule has 1 aliphatic rings. The highest BCUT2D eigenvalue weighted by Crippen LogP contribution is 2.24. The summed E-state index contributed by atoms with van der Waals surface area (Å²) < 4.78 is 18.1. The van der Waals surface area contributed by atoms with Gasteiger partial charge in [-0.15, -0.1) is 11.3 Å². The second-order valence-corrected chi connectivity index (χ2v) is 7.76. The van der Waals surface area contributed by atoms with Crippen LogP contribution >= 0.6 is 11.3 Å². The number of carbonyl (C=O) groups is 3. The van der Waals surface area contributed by atoms with Gasteiger partial charge in [0, 0.05) is 17.0 Å². The van der Waals surface area contributed by atoms with E-state index in [0.717, 1.165) is 31.2 Å². The van der Waals surface area contributed by atoms with Gasteiger partial charge in [-0.3, -0.25) is 14.9 Å². The molecule has 154 valence electrons. The number of hydrogen-bond donors (Lipinski definition) is 2. The normalized spacial score (nSPS) is 15.0. The van der Waals surface area contributed by atoms with Crippen LogP contribution in [0.15, 0.2) is 29.6 Å². The minimum Gasteiger partial charge on any atom is -0.452 e. The van der Waals surface area contributed by atoms with E-state index in [1.807, 2.05) is 0 Å². The number of nitrogens with zero attached hydrogens (tertiary/aromatic N) is 1. The Morgan fingerprint density at radius 3 is 2.62 bits per heavy atom. The van der Waals surface area contributed by atoms with Crippen LogP contribution < -0.4 is 10.6 Å². The van der Waals surface area contributed by atoms with E-state index in [-0.39, 0.29) is 18.3 Å². The molecule has 7 nitrogen and oxygen atoms in total. The molecule has 1 aliphatic carbocycles. The van der Waals surface area contributed by atoms with E-state index in [2.05, 4.69) is 15.6 Å². The van der Waals surface area contributed by atoms with Crippen molar-refractivity contribution in [1.82, 2.24) is 15.6 Å². The highest BCUT2D eigenvalue weighted by atomic mass is 32.1. The van der Waals surface area contributed by atoms with E-state index in [0.29, 0.717) is 10.7 Å². The monoisotopic (exact) mass is 419 g/mol. The fourth-order valence-corrected chi connectivity index (χ4v) is 3.88. The molecule has 0 aliphatic heterocycles. The van der Waals surface area contributed by atoms with E-state index in [9.17, 15) is 18.8 Å². The predicted molar refractivity (Wildman–Crippen MR) is 106 cm³/mol. The minimum absolute atomic E-state index is 0.0839. The summed E-state index contributed by atoms with van der Waals surface area (Å²) in [5.41, 5.74) is 1.24. The lowest BCUT2D eigenvalue weighted by molar-refractivity contribution is -0.153. The molecule has 2 aromatic rings. The standard InChI is InChI=1S/C20H22FN3O4S/c1-12(18(26)24-20(27)23-15-4-2-3-5-15)28-17(25)10-16-11-29-19(22-16)13-6-8-14(21)9-7-13/h6-9,11-12,15H,2-5,10H2,1H3,(H2,23,24,26,27)/t12-/m1/s1. The molecule has 1 saturated carbocycles. The molecule has 0 radical (unpaired) electrons. The molecule has 3 rings (SSSR count). The Bertz CT molecular complexity index is 878. The average Bonchev–Trinajstić information content (AvgIpc) is 3.34. The van der Waals surface area contributed by atoms with Gasteiger partial charge in [-0.05, 0) is 44.0 Å². The van der Waals surface area contributed by atoms with Gasteiger partial charge >= 0.3 is 12.0 Å². The smallest absolute Gasteiger partial charge is 0.321 e. The van der Waals surface area contributed by atoms with Crippen molar-refractivity contribution in [2.75, 3.05) is 0 Å². The maximum absolute atomic E-state index is 13.0. The van der Waals surface area contributed by atoms with Crippen molar-refractivity contribution in [3.8, 4) is 10.6 Å². The first-order valence-corrected chi connectivity index (χ1v) is 10.3. The summed E-state index contributed by atoms with van der Waals surface area (Å²) in [6.07, 6.45) is 2.72. The van der Waals surface area contributed by atoms with Gasteiger partial charge < -0.3 is 10.1 Å². The van der Waals surface area contributed by atoms with E-state index < -0.39 is 24.0 Å². The third-order valence-corrected chi connectivity index (χ3v) is 5.51. The predicted octanol–water partition coefficient (Wildman–Crippen LogP) is 3.19. The number of urea groups is 1. The maximum atomic E-state index is 13.0. The first-order chi connectivity index (χ1) is 13.9. The third kappa shape index (κ3) is 6.08. The van der Waals surface area contributed by atoms with Crippen LogP contribution in [0.25, 0.3) is 10.6 Å². The van der Waals surface area contributed by atoms with Crippen molar-refractivity contribution in [2.45, 2.75) is 51.2 Å². The van der Waals surface area contributed by atoms with Crippen molar-refractivity contribution in [3.05, 3.63) is 41.2 Å². The number of aromatic nitrogens is 1. The largest absolute Gasteiger partial charge is 0.452 e. The summed E-state index contributed by atoms with van der Waals surface area (Å²) in [7, 11) is 0. The van der Waals surface area contributed by atoms with Crippen LogP contribution in [0.3, 0.4) is 0 Å². The van der Waals surface area contributed by atoms with Gasteiger partial charge in [0.2, 0.25) is 0 Å². The first-order valence-electron chi connectivity index (χ1n) is 9.42. The molecule has 1 fully saturated rings. The first kappa shape index (κ1) is 20.9. The quantitative estimate of drug-likeness (QED) is 0.701. The zero-order valence-electron chi connectivity index (χ0n) is 15.9. The fraction of sp³-hybridized carbons (Fsp3) is 0.400. The van der Waals surface area contributed by atoms with Crippen LogP contribution in [-0.2, 0) is 20.7 Å². The van der Waals surface area contributed by atoms with Crippen molar-refractivity contribution in [1.29, 1.82) is 0 Å². The maximum Gasteiger partial charge on any atom is 0.321 e. The van der Waals surface area contributed by atoms with Crippen LogP contribution in [0.5, 0.6) is 0 Å². The van der Waals surface area contributed by atoms with Crippen LogP contribution in [0.1, 0.15) is 38.3 Å². The van der Waals surface area contributed by atoms with E-state index in [1.54, 1.807) is 17.5 Å². The number of esters is 1. The summed E-state index contributed by atoms with van der Waals surface area (Å²) >= 11 is 1.33. The van der Waals surface area contributed by atoms with Gasteiger partial charge in [-0.1, -0.05) is 12.8 Å². The van der Waals surface area contributed by atoms with Crippen LogP contribution in [0.4, 0.5) is 9.18 Å². The molecule has 2 N–H and O–H groups in total. The molecule has 0 spiro atoms. The minimum atomic E-state index is -1.10. The zero-order chi connectivity index (χ0) is 20.8. The molecule has 0 saturated heterocycles. The number of amides is 3. The Morgan fingerprint density at radius 2 is 1.93 bits per heavy atom. The van der Waals surface area contributed by atoms with Crippen LogP contribution in [0.2, 0.25) is 0 Å². The number of imide groups is 1. The molecule has 1 heterocycles. The summed E-state index contributed by atoms with van der Waals surface area (Å²) in [5, 5.41) is 7.29. The molecule has 0 bridgehead atoms. The van der Waals surface area contributed by atoms with E-state index >= 15 is 0 Å². The molecule has 9 heteroatoms. The highest BCUT2D eigenvalue weighted by molar-refractivity contribution is 7.13. The van der Waals surface area contributed by atoms with E-state index in [1.165, 1.54) is 30.4 Å². The number of ether oxygens (including phenoxy) is 1. The fourth-order valence-electron chi connectivity index (χ4n) is 3.06. The number of thiazole rings is 1. The molecule has 0 unspecified atom stereocenters. The second kappa shape index (κ2) is 9.60.